The third kappa shape index (κ3) is 2.46. The SMILES string of the molecule is CCC1CCC[C@@](O)(CCO)C1. The number of aliphatic hydroxyl groups excluding tert-OH is 1. The van der Waals surface area contributed by atoms with Crippen molar-refractivity contribution in [2.45, 2.75) is 51.0 Å². The van der Waals surface area contributed by atoms with E-state index in [4.69, 9.17) is 5.11 Å². The van der Waals surface area contributed by atoms with E-state index in [0.717, 1.165) is 25.7 Å². The molecule has 1 unspecified atom stereocenters. The van der Waals surface area contributed by atoms with Crippen LogP contribution in [0, 0.1) is 5.92 Å². The van der Waals surface area contributed by atoms with Crippen LogP contribution in [0.25, 0.3) is 0 Å². The molecule has 2 N–H and O–H groups in total. The van der Waals surface area contributed by atoms with E-state index in [9.17, 15) is 5.11 Å². The Labute approximate surface area is 74.6 Å². The van der Waals surface area contributed by atoms with Crippen molar-refractivity contribution in [1.29, 1.82) is 0 Å². The van der Waals surface area contributed by atoms with Crippen LogP contribution in [0.1, 0.15) is 45.4 Å². The van der Waals surface area contributed by atoms with Crippen LogP contribution >= 0.6 is 0 Å². The van der Waals surface area contributed by atoms with Crippen molar-refractivity contribution in [2.24, 2.45) is 5.92 Å². The van der Waals surface area contributed by atoms with Crippen LogP contribution in [0.2, 0.25) is 0 Å². The number of rotatable bonds is 3. The van der Waals surface area contributed by atoms with E-state index in [0.29, 0.717) is 12.3 Å². The van der Waals surface area contributed by atoms with Gasteiger partial charge in [0, 0.05) is 6.61 Å². The molecule has 0 bridgehead atoms. The molecule has 0 spiro atoms. The van der Waals surface area contributed by atoms with Gasteiger partial charge in [-0.05, 0) is 25.2 Å². The minimum absolute atomic E-state index is 0.118. The first-order chi connectivity index (χ1) is 5.70. The average molecular weight is 172 g/mol. The van der Waals surface area contributed by atoms with Crippen molar-refractivity contribution in [3.63, 3.8) is 0 Å². The van der Waals surface area contributed by atoms with Gasteiger partial charge < -0.3 is 10.2 Å². The molecule has 12 heavy (non-hydrogen) atoms. The van der Waals surface area contributed by atoms with Gasteiger partial charge in [-0.15, -0.1) is 0 Å². The largest absolute Gasteiger partial charge is 0.396 e. The number of aliphatic hydroxyl groups is 2. The van der Waals surface area contributed by atoms with E-state index < -0.39 is 5.60 Å². The smallest absolute Gasteiger partial charge is 0.0672 e. The number of hydrogen-bond acceptors (Lipinski definition) is 2. The molecule has 2 heteroatoms. The summed E-state index contributed by atoms with van der Waals surface area (Å²) in [6.45, 7) is 2.29. The summed E-state index contributed by atoms with van der Waals surface area (Å²) in [5.74, 6) is 0.676. The maximum atomic E-state index is 10.0. The molecule has 1 rings (SSSR count). The molecule has 2 nitrogen and oxygen atoms in total. The van der Waals surface area contributed by atoms with Crippen LogP contribution in [-0.4, -0.2) is 22.4 Å². The summed E-state index contributed by atoms with van der Waals surface area (Å²) in [4.78, 5) is 0. The minimum Gasteiger partial charge on any atom is -0.396 e. The Morgan fingerprint density at radius 1 is 1.50 bits per heavy atom. The summed E-state index contributed by atoms with van der Waals surface area (Å²) >= 11 is 0. The van der Waals surface area contributed by atoms with Gasteiger partial charge in [0.2, 0.25) is 0 Å². The zero-order chi connectivity index (χ0) is 9.03. The first-order valence-corrected chi connectivity index (χ1v) is 5.03. The van der Waals surface area contributed by atoms with Crippen molar-refractivity contribution in [1.82, 2.24) is 0 Å². The van der Waals surface area contributed by atoms with Gasteiger partial charge in [0.25, 0.3) is 0 Å². The molecular formula is C10H20O2. The summed E-state index contributed by atoms with van der Waals surface area (Å²) < 4.78 is 0. The summed E-state index contributed by atoms with van der Waals surface area (Å²) in [6, 6.07) is 0. The molecule has 0 heterocycles. The van der Waals surface area contributed by atoms with Gasteiger partial charge in [0.1, 0.15) is 0 Å². The molecule has 72 valence electrons. The maximum absolute atomic E-state index is 10.0. The zero-order valence-corrected chi connectivity index (χ0v) is 7.92. The molecule has 0 saturated heterocycles. The molecule has 0 aromatic rings. The van der Waals surface area contributed by atoms with Crippen LogP contribution in [0.3, 0.4) is 0 Å². The molecule has 0 aliphatic heterocycles. The molecule has 1 aliphatic rings. The Hall–Kier alpha value is -0.0800. The predicted octanol–water partition coefficient (Wildman–Crippen LogP) is 1.70. The monoisotopic (exact) mass is 172 g/mol. The summed E-state index contributed by atoms with van der Waals surface area (Å²) in [5.41, 5.74) is -0.548. The van der Waals surface area contributed by atoms with Crippen molar-refractivity contribution < 1.29 is 10.2 Å². The zero-order valence-electron chi connectivity index (χ0n) is 7.92. The number of hydrogen-bond donors (Lipinski definition) is 2. The van der Waals surface area contributed by atoms with E-state index in [1.165, 1.54) is 6.42 Å². The van der Waals surface area contributed by atoms with Crippen molar-refractivity contribution in [3.8, 4) is 0 Å². The Bertz CT molecular complexity index is 132. The molecule has 0 radical (unpaired) electrons. The molecular weight excluding hydrogens is 152 g/mol. The summed E-state index contributed by atoms with van der Waals surface area (Å²) in [6.07, 6.45) is 5.87. The lowest BCUT2D eigenvalue weighted by Gasteiger charge is -2.36. The summed E-state index contributed by atoms with van der Waals surface area (Å²) in [5, 5.41) is 18.8. The second kappa shape index (κ2) is 4.24. The minimum atomic E-state index is -0.548. The Morgan fingerprint density at radius 3 is 2.83 bits per heavy atom. The quantitative estimate of drug-likeness (QED) is 0.680. The molecule has 0 aromatic heterocycles. The Balaban J connectivity index is 2.43. The third-order valence-electron chi connectivity index (χ3n) is 3.08. The molecule has 1 aliphatic carbocycles. The molecule has 1 fully saturated rings. The van der Waals surface area contributed by atoms with Crippen LogP contribution in [0.4, 0.5) is 0 Å². The molecule has 0 aromatic carbocycles. The van der Waals surface area contributed by atoms with Gasteiger partial charge in [-0.1, -0.05) is 26.2 Å². The van der Waals surface area contributed by atoms with Gasteiger partial charge in [0.15, 0.2) is 0 Å². The van der Waals surface area contributed by atoms with Gasteiger partial charge in [-0.2, -0.15) is 0 Å². The second-order valence-corrected chi connectivity index (χ2v) is 4.07. The lowest BCUT2D eigenvalue weighted by atomic mass is 9.75. The lowest BCUT2D eigenvalue weighted by molar-refractivity contribution is -0.0341. The van der Waals surface area contributed by atoms with Gasteiger partial charge in [-0.3, -0.25) is 0 Å². The molecule has 2 atom stereocenters. The fourth-order valence-corrected chi connectivity index (χ4v) is 2.24. The predicted molar refractivity (Wildman–Crippen MR) is 48.9 cm³/mol. The highest BCUT2D eigenvalue weighted by atomic mass is 16.3. The molecule has 1 saturated carbocycles. The van der Waals surface area contributed by atoms with E-state index in [1.807, 2.05) is 0 Å². The van der Waals surface area contributed by atoms with Gasteiger partial charge in [0.05, 0.1) is 5.60 Å². The van der Waals surface area contributed by atoms with Crippen LogP contribution in [-0.2, 0) is 0 Å². The van der Waals surface area contributed by atoms with E-state index in [-0.39, 0.29) is 6.61 Å². The Morgan fingerprint density at radius 2 is 2.25 bits per heavy atom. The second-order valence-electron chi connectivity index (χ2n) is 4.07. The summed E-state index contributed by atoms with van der Waals surface area (Å²) in [7, 11) is 0. The first-order valence-electron chi connectivity index (χ1n) is 5.03. The fraction of sp³-hybridized carbons (Fsp3) is 1.00. The van der Waals surface area contributed by atoms with E-state index >= 15 is 0 Å². The molecule has 0 amide bonds. The van der Waals surface area contributed by atoms with Crippen molar-refractivity contribution in [3.05, 3.63) is 0 Å². The van der Waals surface area contributed by atoms with Crippen molar-refractivity contribution >= 4 is 0 Å². The normalized spacial score (nSPS) is 36.8. The average Bonchev–Trinajstić information content (AvgIpc) is 2.04. The highest BCUT2D eigenvalue weighted by molar-refractivity contribution is 4.85. The van der Waals surface area contributed by atoms with Crippen LogP contribution in [0.15, 0.2) is 0 Å². The van der Waals surface area contributed by atoms with Crippen molar-refractivity contribution in [2.75, 3.05) is 6.61 Å². The topological polar surface area (TPSA) is 40.5 Å². The standard InChI is InChI=1S/C10H20O2/c1-2-9-4-3-5-10(12,8-9)6-7-11/h9,11-12H,2-8H2,1H3/t9?,10-/m1/s1. The maximum Gasteiger partial charge on any atom is 0.0672 e. The van der Waals surface area contributed by atoms with Gasteiger partial charge >= 0.3 is 0 Å². The van der Waals surface area contributed by atoms with Gasteiger partial charge in [-0.25, -0.2) is 0 Å². The highest BCUT2D eigenvalue weighted by Gasteiger charge is 2.32. The third-order valence-corrected chi connectivity index (χ3v) is 3.08. The fourth-order valence-electron chi connectivity index (χ4n) is 2.24. The van der Waals surface area contributed by atoms with E-state index in [2.05, 4.69) is 6.92 Å². The van der Waals surface area contributed by atoms with Crippen LogP contribution in [0.5, 0.6) is 0 Å². The van der Waals surface area contributed by atoms with Crippen LogP contribution < -0.4 is 0 Å². The highest BCUT2D eigenvalue weighted by Crippen LogP contribution is 2.35. The van der Waals surface area contributed by atoms with E-state index in [1.54, 1.807) is 0 Å². The Kier molecular flexibility index (Phi) is 3.53. The lowest BCUT2D eigenvalue weighted by Crippen LogP contribution is -2.35. The first kappa shape index (κ1) is 10.0.